The van der Waals surface area contributed by atoms with Crippen molar-refractivity contribution in [1.82, 2.24) is 19.2 Å². The second-order valence-corrected chi connectivity index (χ2v) is 8.82. The second-order valence-electron chi connectivity index (χ2n) is 7.02. The largest absolute Gasteiger partial charge is 0.325 e. The summed E-state index contributed by atoms with van der Waals surface area (Å²) >= 11 is 2.62. The number of aromatic nitrogens is 4. The molecule has 0 atom stereocenters. The topological polar surface area (TPSA) is 81.3 Å². The first-order valence-corrected chi connectivity index (χ1v) is 11.5. The van der Waals surface area contributed by atoms with Crippen molar-refractivity contribution in [3.8, 4) is 11.1 Å². The number of carbonyl (C=O) groups excluding carboxylic acids is 1. The van der Waals surface area contributed by atoms with Crippen molar-refractivity contribution in [2.75, 3.05) is 11.1 Å². The van der Waals surface area contributed by atoms with Crippen LogP contribution in [0.25, 0.3) is 27.1 Å². The number of hydrogen-bond donors (Lipinski definition) is 1. The number of amides is 1. The molecule has 3 heterocycles. The molecule has 5 rings (SSSR count). The van der Waals surface area contributed by atoms with Gasteiger partial charge in [-0.3, -0.25) is 14.2 Å². The summed E-state index contributed by atoms with van der Waals surface area (Å²) in [4.78, 5) is 26.1. The predicted octanol–water partition coefficient (Wildman–Crippen LogP) is 4.18. The minimum absolute atomic E-state index is 0.135. The van der Waals surface area contributed by atoms with E-state index in [1.165, 1.54) is 39.8 Å². The number of thiophene rings is 1. The van der Waals surface area contributed by atoms with Gasteiger partial charge in [0.05, 0.1) is 11.1 Å². The first-order valence-electron chi connectivity index (χ1n) is 9.62. The lowest BCUT2D eigenvalue weighted by atomic mass is 10.1. The van der Waals surface area contributed by atoms with E-state index in [2.05, 4.69) is 15.5 Å². The fourth-order valence-corrected chi connectivity index (χ4v) is 5.28. The van der Waals surface area contributed by atoms with E-state index < -0.39 is 0 Å². The first-order chi connectivity index (χ1) is 15.5. The van der Waals surface area contributed by atoms with Crippen molar-refractivity contribution in [2.45, 2.75) is 5.16 Å². The highest BCUT2D eigenvalue weighted by Gasteiger charge is 2.20. The third-order valence-electron chi connectivity index (χ3n) is 4.95. The summed E-state index contributed by atoms with van der Waals surface area (Å²) < 4.78 is 16.6. The molecule has 0 radical (unpaired) electrons. The van der Waals surface area contributed by atoms with Gasteiger partial charge in [-0.05, 0) is 29.8 Å². The molecule has 10 heteroatoms. The van der Waals surface area contributed by atoms with Crippen LogP contribution in [0.4, 0.5) is 10.1 Å². The van der Waals surface area contributed by atoms with Gasteiger partial charge in [0, 0.05) is 23.7 Å². The fraction of sp³-hybridized carbons (Fsp3) is 0.0909. The molecule has 0 aliphatic rings. The van der Waals surface area contributed by atoms with E-state index in [0.29, 0.717) is 21.2 Å². The van der Waals surface area contributed by atoms with Crippen molar-refractivity contribution < 1.29 is 9.18 Å². The van der Waals surface area contributed by atoms with Gasteiger partial charge in [-0.15, -0.1) is 21.5 Å². The molecule has 0 bridgehead atoms. The number of fused-ring (bicyclic) bond motifs is 3. The van der Waals surface area contributed by atoms with Crippen molar-refractivity contribution in [1.29, 1.82) is 0 Å². The number of nitrogens with one attached hydrogen (secondary N) is 1. The minimum atomic E-state index is -0.338. The number of hydrogen-bond acceptors (Lipinski definition) is 6. The molecule has 0 saturated heterocycles. The van der Waals surface area contributed by atoms with Crippen LogP contribution in [0.15, 0.2) is 69.9 Å². The van der Waals surface area contributed by atoms with Gasteiger partial charge in [0.15, 0.2) is 5.16 Å². The Morgan fingerprint density at radius 1 is 1.12 bits per heavy atom. The Labute approximate surface area is 189 Å². The van der Waals surface area contributed by atoms with Gasteiger partial charge in [-0.1, -0.05) is 42.1 Å². The monoisotopic (exact) mass is 465 g/mol. The van der Waals surface area contributed by atoms with Crippen LogP contribution in [-0.2, 0) is 11.8 Å². The average Bonchev–Trinajstić information content (AvgIpc) is 3.42. The van der Waals surface area contributed by atoms with Gasteiger partial charge < -0.3 is 5.32 Å². The maximum absolute atomic E-state index is 13.4. The van der Waals surface area contributed by atoms with E-state index in [9.17, 15) is 14.0 Å². The molecule has 0 aliphatic carbocycles. The van der Waals surface area contributed by atoms with E-state index >= 15 is 0 Å². The van der Waals surface area contributed by atoms with Crippen molar-refractivity contribution in [2.24, 2.45) is 7.05 Å². The number of carbonyl (C=O) groups is 1. The normalized spacial score (nSPS) is 11.3. The molecule has 7 nitrogen and oxygen atoms in total. The summed E-state index contributed by atoms with van der Waals surface area (Å²) in [5.74, 6) is 0.0176. The zero-order valence-corrected chi connectivity index (χ0v) is 18.4. The molecule has 32 heavy (non-hydrogen) atoms. The van der Waals surface area contributed by atoms with Gasteiger partial charge >= 0.3 is 0 Å². The standard InChI is InChI=1S/C22H16FN5O2S2/c1-27-19(30)18-16(13-7-9-14(23)10-8-13)11-31-20(18)28-21(27)25-26-22(28)32-12-17(29)24-15-5-3-2-4-6-15/h2-11H,12H2,1H3,(H,24,29). The van der Waals surface area contributed by atoms with Gasteiger partial charge in [0.2, 0.25) is 11.7 Å². The number of aryl methyl sites for hydroxylation is 1. The molecular weight excluding hydrogens is 449 g/mol. The highest BCUT2D eigenvalue weighted by atomic mass is 32.2. The van der Waals surface area contributed by atoms with Gasteiger partial charge in [0.1, 0.15) is 10.6 Å². The van der Waals surface area contributed by atoms with Crippen LogP contribution in [0.3, 0.4) is 0 Å². The van der Waals surface area contributed by atoms with Crippen molar-refractivity contribution in [3.05, 3.63) is 76.1 Å². The number of benzene rings is 2. The molecule has 160 valence electrons. The van der Waals surface area contributed by atoms with Crippen molar-refractivity contribution in [3.63, 3.8) is 0 Å². The first kappa shape index (κ1) is 20.4. The highest BCUT2D eigenvalue weighted by molar-refractivity contribution is 7.99. The smallest absolute Gasteiger partial charge is 0.264 e. The maximum atomic E-state index is 13.4. The molecular formula is C22H16FN5O2S2. The molecule has 0 aliphatic heterocycles. The van der Waals surface area contributed by atoms with Crippen LogP contribution >= 0.6 is 23.1 Å². The van der Waals surface area contributed by atoms with Gasteiger partial charge in [0.25, 0.3) is 5.56 Å². The Hall–Kier alpha value is -3.50. The van der Waals surface area contributed by atoms with Crippen LogP contribution in [-0.4, -0.2) is 30.8 Å². The maximum Gasteiger partial charge on any atom is 0.264 e. The second kappa shape index (κ2) is 8.21. The van der Waals surface area contributed by atoms with Crippen LogP contribution < -0.4 is 10.9 Å². The number of thioether (sulfide) groups is 1. The molecule has 0 fully saturated rings. The quantitative estimate of drug-likeness (QED) is 0.394. The number of para-hydroxylation sites is 1. The average molecular weight is 466 g/mol. The highest BCUT2D eigenvalue weighted by Crippen LogP contribution is 2.33. The SMILES string of the molecule is Cn1c(=O)c2c(-c3ccc(F)cc3)csc2n2c(SCC(=O)Nc3ccccc3)nnc12. The molecule has 0 spiro atoms. The van der Waals surface area contributed by atoms with E-state index in [1.807, 2.05) is 35.7 Å². The van der Waals surface area contributed by atoms with Crippen LogP contribution in [0.2, 0.25) is 0 Å². The number of rotatable bonds is 5. The molecule has 3 aromatic heterocycles. The summed E-state index contributed by atoms with van der Waals surface area (Å²) in [7, 11) is 1.63. The Bertz CT molecular complexity index is 1510. The van der Waals surface area contributed by atoms with E-state index in [4.69, 9.17) is 0 Å². The van der Waals surface area contributed by atoms with Crippen LogP contribution in [0, 0.1) is 5.82 Å². The van der Waals surface area contributed by atoms with Crippen LogP contribution in [0.5, 0.6) is 0 Å². The Kier molecular flexibility index (Phi) is 5.24. The lowest BCUT2D eigenvalue weighted by Crippen LogP contribution is -2.20. The van der Waals surface area contributed by atoms with E-state index in [1.54, 1.807) is 23.6 Å². The van der Waals surface area contributed by atoms with Gasteiger partial charge in [-0.2, -0.15) is 0 Å². The third kappa shape index (κ3) is 3.57. The molecule has 0 saturated carbocycles. The predicted molar refractivity (Wildman–Crippen MR) is 125 cm³/mol. The summed E-state index contributed by atoms with van der Waals surface area (Å²) in [6.07, 6.45) is 0. The summed E-state index contributed by atoms with van der Waals surface area (Å²) in [5, 5.41) is 14.1. The summed E-state index contributed by atoms with van der Waals surface area (Å²) in [6, 6.07) is 15.2. The van der Waals surface area contributed by atoms with E-state index in [-0.39, 0.29) is 23.0 Å². The zero-order chi connectivity index (χ0) is 22.2. The molecule has 1 amide bonds. The van der Waals surface area contributed by atoms with Crippen molar-refractivity contribution >= 4 is 50.7 Å². The fourth-order valence-electron chi connectivity index (χ4n) is 3.42. The van der Waals surface area contributed by atoms with Crippen LogP contribution in [0.1, 0.15) is 0 Å². The Balaban J connectivity index is 1.53. The zero-order valence-electron chi connectivity index (χ0n) is 16.8. The number of nitrogens with zero attached hydrogens (tertiary/aromatic N) is 4. The summed E-state index contributed by atoms with van der Waals surface area (Å²) in [6.45, 7) is 0. The van der Waals surface area contributed by atoms with E-state index in [0.717, 1.165) is 16.8 Å². The Morgan fingerprint density at radius 2 is 1.88 bits per heavy atom. The summed E-state index contributed by atoms with van der Waals surface area (Å²) in [5.41, 5.74) is 1.98. The molecule has 2 aromatic carbocycles. The van der Waals surface area contributed by atoms with Gasteiger partial charge in [-0.25, -0.2) is 8.79 Å². The number of halogens is 1. The molecule has 5 aromatic rings. The lowest BCUT2D eigenvalue weighted by Gasteiger charge is -2.07. The molecule has 0 unspecified atom stereocenters. The number of anilines is 1. The minimum Gasteiger partial charge on any atom is -0.325 e. The lowest BCUT2D eigenvalue weighted by molar-refractivity contribution is -0.113. The Morgan fingerprint density at radius 3 is 2.62 bits per heavy atom. The third-order valence-corrected chi connectivity index (χ3v) is 6.85. The molecule has 1 N–H and O–H groups in total.